The van der Waals surface area contributed by atoms with Crippen LogP contribution in [-0.4, -0.2) is 0 Å². The second kappa shape index (κ2) is 12.8. The van der Waals surface area contributed by atoms with Crippen molar-refractivity contribution in [3.8, 4) is 55.6 Å². The van der Waals surface area contributed by atoms with Crippen molar-refractivity contribution in [1.29, 1.82) is 0 Å². The fourth-order valence-electron chi connectivity index (χ4n) is 7.39. The summed E-state index contributed by atoms with van der Waals surface area (Å²) in [4.78, 5) is 0. The molecule has 232 valence electrons. The maximum atomic E-state index is 2.41. The van der Waals surface area contributed by atoms with Gasteiger partial charge in [0.15, 0.2) is 0 Å². The molecule has 0 fully saturated rings. The van der Waals surface area contributed by atoms with E-state index >= 15 is 0 Å². The summed E-state index contributed by atoms with van der Waals surface area (Å²) in [6.45, 7) is 0. The molecule has 0 heteroatoms. The first kappa shape index (κ1) is 30.1. The molecular formula is C49H36. The average Bonchev–Trinajstić information content (AvgIpc) is 3.17. The molecule has 0 heterocycles. The third-order valence-electron chi connectivity index (χ3n) is 9.66. The first-order chi connectivity index (χ1) is 23.8. The number of benzene rings is 9. The van der Waals surface area contributed by atoms with Crippen molar-refractivity contribution in [2.45, 2.75) is 7.43 Å². The summed E-state index contributed by atoms with van der Waals surface area (Å²) in [6.07, 6.45) is 0. The van der Waals surface area contributed by atoms with Gasteiger partial charge in [-0.05, 0) is 100 Å². The minimum Gasteiger partial charge on any atom is -0.0776 e. The zero-order chi connectivity index (χ0) is 31.9. The summed E-state index contributed by atoms with van der Waals surface area (Å²) in [5.74, 6) is 0. The fourth-order valence-corrected chi connectivity index (χ4v) is 7.39. The summed E-state index contributed by atoms with van der Waals surface area (Å²) >= 11 is 0. The van der Waals surface area contributed by atoms with Crippen LogP contribution in [0.25, 0.3) is 88.0 Å². The van der Waals surface area contributed by atoms with Crippen LogP contribution in [0.3, 0.4) is 0 Å². The highest BCUT2D eigenvalue weighted by Gasteiger charge is 2.17. The third-order valence-corrected chi connectivity index (χ3v) is 9.66. The highest BCUT2D eigenvalue weighted by atomic mass is 14.2. The molecule has 0 aliphatic carbocycles. The highest BCUT2D eigenvalue weighted by Crippen LogP contribution is 2.44. The molecule has 9 aromatic rings. The van der Waals surface area contributed by atoms with E-state index in [0.717, 1.165) is 0 Å². The van der Waals surface area contributed by atoms with Gasteiger partial charge in [-0.1, -0.05) is 189 Å². The molecule has 0 saturated heterocycles. The average molecular weight is 625 g/mol. The molecule has 0 atom stereocenters. The topological polar surface area (TPSA) is 0 Å². The molecule has 9 aromatic carbocycles. The Bertz CT molecular complexity index is 2520. The summed E-state index contributed by atoms with van der Waals surface area (Å²) in [5.41, 5.74) is 12.4. The molecule has 0 bridgehead atoms. The lowest BCUT2D eigenvalue weighted by Crippen LogP contribution is -1.91. The van der Waals surface area contributed by atoms with E-state index in [0.29, 0.717) is 0 Å². The Morgan fingerprint density at radius 3 is 1.27 bits per heavy atom. The lowest BCUT2D eigenvalue weighted by Gasteiger charge is -2.18. The number of fused-ring (bicyclic) bond motifs is 3. The van der Waals surface area contributed by atoms with E-state index in [-0.39, 0.29) is 7.43 Å². The van der Waals surface area contributed by atoms with E-state index in [1.165, 1.54) is 88.0 Å². The van der Waals surface area contributed by atoms with Crippen molar-refractivity contribution < 1.29 is 0 Å². The molecule has 0 spiro atoms. The van der Waals surface area contributed by atoms with Gasteiger partial charge in [0, 0.05) is 0 Å². The van der Waals surface area contributed by atoms with Crippen LogP contribution in [-0.2, 0) is 0 Å². The Balaban J connectivity index is 0.00000348. The van der Waals surface area contributed by atoms with Gasteiger partial charge in [-0.2, -0.15) is 0 Å². The van der Waals surface area contributed by atoms with Crippen molar-refractivity contribution in [3.63, 3.8) is 0 Å². The van der Waals surface area contributed by atoms with Gasteiger partial charge in [0.2, 0.25) is 0 Å². The zero-order valence-corrected chi connectivity index (χ0v) is 26.5. The van der Waals surface area contributed by atoms with Crippen LogP contribution in [0.5, 0.6) is 0 Å². The number of hydrogen-bond donors (Lipinski definition) is 0. The van der Waals surface area contributed by atoms with Gasteiger partial charge in [0.25, 0.3) is 0 Å². The molecule has 0 saturated carbocycles. The minimum atomic E-state index is 0. The molecular weight excluding hydrogens is 589 g/mol. The predicted octanol–water partition coefficient (Wildman–Crippen LogP) is 14.1. The van der Waals surface area contributed by atoms with Crippen molar-refractivity contribution in [3.05, 3.63) is 194 Å². The van der Waals surface area contributed by atoms with E-state index in [1.54, 1.807) is 0 Å². The molecule has 9 rings (SSSR count). The van der Waals surface area contributed by atoms with Crippen molar-refractivity contribution in [2.24, 2.45) is 0 Å². The lowest BCUT2D eigenvalue weighted by molar-refractivity contribution is 1.58. The Morgan fingerprint density at radius 2 is 0.653 bits per heavy atom. The number of rotatable bonds is 5. The van der Waals surface area contributed by atoms with Crippen LogP contribution in [0.15, 0.2) is 194 Å². The molecule has 0 N–H and O–H groups in total. The van der Waals surface area contributed by atoms with Crippen LogP contribution in [0.4, 0.5) is 0 Å². The van der Waals surface area contributed by atoms with Gasteiger partial charge in [0.05, 0.1) is 0 Å². The Hall–Kier alpha value is -6.24. The largest absolute Gasteiger partial charge is 0.0776 e. The normalized spacial score (nSPS) is 11.1. The quantitative estimate of drug-likeness (QED) is 0.167. The van der Waals surface area contributed by atoms with E-state index in [1.807, 2.05) is 0 Å². The summed E-state index contributed by atoms with van der Waals surface area (Å²) in [6, 6.07) is 70.7. The van der Waals surface area contributed by atoms with Crippen LogP contribution in [0.2, 0.25) is 0 Å². The van der Waals surface area contributed by atoms with E-state index in [4.69, 9.17) is 0 Å². The fraction of sp³-hybridized carbons (Fsp3) is 0.0204. The van der Waals surface area contributed by atoms with Gasteiger partial charge in [-0.15, -0.1) is 0 Å². The highest BCUT2D eigenvalue weighted by molar-refractivity contribution is 6.22. The molecule has 0 aliphatic heterocycles. The summed E-state index contributed by atoms with van der Waals surface area (Å²) < 4.78 is 0. The smallest absolute Gasteiger partial charge is 0.00261 e. The molecule has 0 nitrogen and oxygen atoms in total. The molecule has 0 unspecified atom stereocenters. The van der Waals surface area contributed by atoms with Gasteiger partial charge in [-0.3, -0.25) is 0 Å². The Labute approximate surface area is 288 Å². The Morgan fingerprint density at radius 1 is 0.224 bits per heavy atom. The first-order valence-corrected chi connectivity index (χ1v) is 16.6. The van der Waals surface area contributed by atoms with Crippen molar-refractivity contribution >= 4 is 32.3 Å². The SMILES string of the molecule is C.c1ccc(-c2ccc(-c3cccc(-c4cccc5ccc(-c6c7ccccc7c(-c7ccccc7)c7ccccc67)cc45)c3)cc2)cc1. The maximum absolute atomic E-state index is 2.41. The predicted molar refractivity (Wildman–Crippen MR) is 213 cm³/mol. The van der Waals surface area contributed by atoms with Crippen LogP contribution >= 0.6 is 0 Å². The van der Waals surface area contributed by atoms with E-state index in [9.17, 15) is 0 Å². The van der Waals surface area contributed by atoms with Gasteiger partial charge in [-0.25, -0.2) is 0 Å². The first-order valence-electron chi connectivity index (χ1n) is 16.6. The van der Waals surface area contributed by atoms with Crippen molar-refractivity contribution in [1.82, 2.24) is 0 Å². The van der Waals surface area contributed by atoms with Crippen molar-refractivity contribution in [2.75, 3.05) is 0 Å². The lowest BCUT2D eigenvalue weighted by atomic mass is 9.85. The van der Waals surface area contributed by atoms with Gasteiger partial charge in [0.1, 0.15) is 0 Å². The maximum Gasteiger partial charge on any atom is -0.00261 e. The summed E-state index contributed by atoms with van der Waals surface area (Å²) in [5, 5.41) is 7.59. The Kier molecular flexibility index (Phi) is 7.84. The van der Waals surface area contributed by atoms with Crippen LogP contribution < -0.4 is 0 Å². The monoisotopic (exact) mass is 624 g/mol. The van der Waals surface area contributed by atoms with Gasteiger partial charge >= 0.3 is 0 Å². The second-order valence-electron chi connectivity index (χ2n) is 12.5. The molecule has 0 radical (unpaired) electrons. The molecule has 0 aliphatic rings. The summed E-state index contributed by atoms with van der Waals surface area (Å²) in [7, 11) is 0. The second-order valence-corrected chi connectivity index (χ2v) is 12.5. The molecule has 0 aromatic heterocycles. The van der Waals surface area contributed by atoms with Crippen LogP contribution in [0, 0.1) is 0 Å². The van der Waals surface area contributed by atoms with E-state index in [2.05, 4.69) is 194 Å². The van der Waals surface area contributed by atoms with E-state index < -0.39 is 0 Å². The molecule has 49 heavy (non-hydrogen) atoms. The number of hydrogen-bond acceptors (Lipinski definition) is 0. The minimum absolute atomic E-state index is 0. The zero-order valence-electron chi connectivity index (χ0n) is 26.5. The van der Waals surface area contributed by atoms with Gasteiger partial charge < -0.3 is 0 Å². The molecule has 0 amide bonds. The standard InChI is InChI=1S/C48H32.CH4/c1-3-13-33(14-4-1)34-25-27-35(28-26-34)38-18-11-19-39(31-38)41-24-12-17-36-29-30-40(32-46(36)41)48-44-22-9-7-20-42(44)47(37-15-5-2-6-16-37)43-21-8-10-23-45(43)48;/h1-32H;1H4. The third kappa shape index (κ3) is 5.38. The van der Waals surface area contributed by atoms with Crippen LogP contribution in [0.1, 0.15) is 7.43 Å².